The molecule has 0 unspecified atom stereocenters. The number of rotatable bonds is 2. The first kappa shape index (κ1) is 10.3. The largest absolute Gasteiger partial charge is 0.504 e. The molecule has 1 aromatic carbocycles. The van der Waals surface area contributed by atoms with Crippen LogP contribution in [0.5, 0.6) is 11.5 Å². The van der Waals surface area contributed by atoms with Gasteiger partial charge in [-0.1, -0.05) is 6.07 Å². The van der Waals surface area contributed by atoms with Gasteiger partial charge in [0.15, 0.2) is 11.5 Å². The molecule has 0 aliphatic carbocycles. The molecule has 0 fully saturated rings. The molecule has 5 heteroatoms. The Labute approximate surface area is 80.7 Å². The van der Waals surface area contributed by atoms with Gasteiger partial charge < -0.3 is 20.7 Å². The molecule has 0 aromatic heterocycles. The van der Waals surface area contributed by atoms with E-state index in [-0.39, 0.29) is 11.5 Å². The summed E-state index contributed by atoms with van der Waals surface area (Å²) in [5.74, 6) is -1.18. The molecule has 0 spiro atoms. The van der Waals surface area contributed by atoms with Gasteiger partial charge in [0.05, 0.1) is 7.11 Å². The van der Waals surface area contributed by atoms with E-state index in [0.29, 0.717) is 5.56 Å². The van der Waals surface area contributed by atoms with Gasteiger partial charge in [0.2, 0.25) is 0 Å². The van der Waals surface area contributed by atoms with E-state index >= 15 is 0 Å². The highest BCUT2D eigenvalue weighted by Gasteiger charge is 2.17. The van der Waals surface area contributed by atoms with Crippen molar-refractivity contribution in [1.29, 1.82) is 0 Å². The Bertz CT molecular complexity index is 351. The van der Waals surface area contributed by atoms with Crippen LogP contribution in [0.1, 0.15) is 11.6 Å². The third kappa shape index (κ3) is 1.94. The first-order valence-electron chi connectivity index (χ1n) is 3.91. The Morgan fingerprint density at radius 3 is 2.57 bits per heavy atom. The SMILES string of the molecule is COC(=O)[C@@H](N)c1ccc(O)c(O)c1. The summed E-state index contributed by atoms with van der Waals surface area (Å²) in [5, 5.41) is 18.2. The minimum absolute atomic E-state index is 0.259. The number of hydrogen-bond donors (Lipinski definition) is 3. The van der Waals surface area contributed by atoms with Crippen molar-refractivity contribution in [3.63, 3.8) is 0 Å². The number of ether oxygens (including phenoxy) is 1. The smallest absolute Gasteiger partial charge is 0.327 e. The van der Waals surface area contributed by atoms with Gasteiger partial charge in [0.1, 0.15) is 6.04 Å². The van der Waals surface area contributed by atoms with Crippen LogP contribution in [0.2, 0.25) is 0 Å². The number of esters is 1. The Morgan fingerprint density at radius 1 is 1.43 bits per heavy atom. The fraction of sp³-hybridized carbons (Fsp3) is 0.222. The highest BCUT2D eigenvalue weighted by Crippen LogP contribution is 2.27. The molecule has 4 N–H and O–H groups in total. The van der Waals surface area contributed by atoms with E-state index < -0.39 is 12.0 Å². The third-order valence-electron chi connectivity index (χ3n) is 1.81. The third-order valence-corrected chi connectivity index (χ3v) is 1.81. The van der Waals surface area contributed by atoms with Crippen molar-refractivity contribution in [2.75, 3.05) is 7.11 Å². The van der Waals surface area contributed by atoms with Crippen molar-refractivity contribution < 1.29 is 19.7 Å². The molecule has 0 radical (unpaired) electrons. The fourth-order valence-corrected chi connectivity index (χ4v) is 0.997. The van der Waals surface area contributed by atoms with Crippen molar-refractivity contribution >= 4 is 5.97 Å². The second-order valence-corrected chi connectivity index (χ2v) is 2.75. The summed E-state index contributed by atoms with van der Waals surface area (Å²) in [4.78, 5) is 11.0. The van der Waals surface area contributed by atoms with Crippen molar-refractivity contribution in [1.82, 2.24) is 0 Å². The average Bonchev–Trinajstić information content (AvgIpc) is 2.20. The minimum atomic E-state index is -0.952. The maximum Gasteiger partial charge on any atom is 0.327 e. The van der Waals surface area contributed by atoms with Crippen LogP contribution in [-0.2, 0) is 9.53 Å². The quantitative estimate of drug-likeness (QED) is 0.467. The van der Waals surface area contributed by atoms with E-state index in [9.17, 15) is 4.79 Å². The van der Waals surface area contributed by atoms with E-state index in [1.807, 2.05) is 0 Å². The van der Waals surface area contributed by atoms with Crippen LogP contribution in [0.25, 0.3) is 0 Å². The summed E-state index contributed by atoms with van der Waals surface area (Å²) in [6.45, 7) is 0. The lowest BCUT2D eigenvalue weighted by Crippen LogP contribution is -2.22. The molecule has 0 amide bonds. The zero-order chi connectivity index (χ0) is 10.7. The minimum Gasteiger partial charge on any atom is -0.504 e. The first-order chi connectivity index (χ1) is 6.56. The Morgan fingerprint density at radius 2 is 2.07 bits per heavy atom. The summed E-state index contributed by atoms with van der Waals surface area (Å²) in [5.41, 5.74) is 5.88. The zero-order valence-electron chi connectivity index (χ0n) is 7.60. The van der Waals surface area contributed by atoms with Crippen LogP contribution < -0.4 is 5.73 Å². The summed E-state index contributed by atoms with van der Waals surface area (Å²) >= 11 is 0. The molecule has 0 saturated heterocycles. The number of hydrogen-bond acceptors (Lipinski definition) is 5. The molecule has 0 heterocycles. The molecule has 0 saturated carbocycles. The molecular weight excluding hydrogens is 186 g/mol. The number of carbonyl (C=O) groups excluding carboxylic acids is 1. The van der Waals surface area contributed by atoms with E-state index in [2.05, 4.69) is 4.74 Å². The summed E-state index contributed by atoms with van der Waals surface area (Å²) < 4.78 is 4.43. The van der Waals surface area contributed by atoms with Crippen LogP contribution >= 0.6 is 0 Å². The maximum atomic E-state index is 11.0. The Hall–Kier alpha value is -1.75. The molecule has 14 heavy (non-hydrogen) atoms. The Balaban J connectivity index is 2.96. The van der Waals surface area contributed by atoms with Crippen molar-refractivity contribution in [3.8, 4) is 11.5 Å². The van der Waals surface area contributed by atoms with Gasteiger partial charge in [-0.05, 0) is 17.7 Å². The number of phenols is 2. The molecular formula is C9H11NO4. The summed E-state index contributed by atoms with van der Waals surface area (Å²) in [7, 11) is 1.22. The number of phenolic OH excluding ortho intramolecular Hbond substituents is 2. The number of carbonyl (C=O) groups is 1. The van der Waals surface area contributed by atoms with Gasteiger partial charge in [0, 0.05) is 0 Å². The lowest BCUT2D eigenvalue weighted by Gasteiger charge is -2.09. The molecule has 1 aromatic rings. The first-order valence-corrected chi connectivity index (χ1v) is 3.91. The van der Waals surface area contributed by atoms with E-state index in [0.717, 1.165) is 0 Å². The molecule has 1 rings (SSSR count). The van der Waals surface area contributed by atoms with Crippen molar-refractivity contribution in [3.05, 3.63) is 23.8 Å². The Kier molecular flexibility index (Phi) is 2.93. The molecule has 0 bridgehead atoms. The molecule has 0 aliphatic heterocycles. The standard InChI is InChI=1S/C9H11NO4/c1-14-9(13)8(10)5-2-3-6(11)7(12)4-5/h2-4,8,11-12H,10H2,1H3/t8-/m0/s1. The van der Waals surface area contributed by atoms with Crippen molar-refractivity contribution in [2.45, 2.75) is 6.04 Å². The highest BCUT2D eigenvalue weighted by atomic mass is 16.5. The van der Waals surface area contributed by atoms with Crippen LogP contribution in [0.4, 0.5) is 0 Å². The van der Waals surface area contributed by atoms with Crippen LogP contribution in [0.15, 0.2) is 18.2 Å². The average molecular weight is 197 g/mol. The predicted molar refractivity (Wildman–Crippen MR) is 48.7 cm³/mol. The second-order valence-electron chi connectivity index (χ2n) is 2.75. The predicted octanol–water partition coefficient (Wildman–Crippen LogP) is 0.271. The number of benzene rings is 1. The zero-order valence-corrected chi connectivity index (χ0v) is 7.60. The molecule has 0 aliphatic rings. The van der Waals surface area contributed by atoms with Gasteiger partial charge in [-0.2, -0.15) is 0 Å². The molecule has 5 nitrogen and oxygen atoms in total. The van der Waals surface area contributed by atoms with Crippen molar-refractivity contribution in [2.24, 2.45) is 5.73 Å². The topological polar surface area (TPSA) is 92.8 Å². The highest BCUT2D eigenvalue weighted by molar-refractivity contribution is 5.77. The van der Waals surface area contributed by atoms with Crippen LogP contribution in [0.3, 0.4) is 0 Å². The van der Waals surface area contributed by atoms with Gasteiger partial charge >= 0.3 is 5.97 Å². The lowest BCUT2D eigenvalue weighted by atomic mass is 10.1. The van der Waals surface area contributed by atoms with Gasteiger partial charge in [0.25, 0.3) is 0 Å². The molecule has 1 atom stereocenters. The van der Waals surface area contributed by atoms with Crippen LogP contribution in [-0.4, -0.2) is 23.3 Å². The monoisotopic (exact) mass is 197 g/mol. The maximum absolute atomic E-state index is 11.0. The molecule has 76 valence electrons. The number of aromatic hydroxyl groups is 2. The van der Waals surface area contributed by atoms with E-state index in [1.165, 1.54) is 25.3 Å². The van der Waals surface area contributed by atoms with Gasteiger partial charge in [-0.25, -0.2) is 0 Å². The second kappa shape index (κ2) is 3.97. The van der Waals surface area contributed by atoms with Gasteiger partial charge in [-0.15, -0.1) is 0 Å². The number of nitrogens with two attached hydrogens (primary N) is 1. The van der Waals surface area contributed by atoms with Gasteiger partial charge in [-0.3, -0.25) is 4.79 Å². The van der Waals surface area contributed by atoms with E-state index in [1.54, 1.807) is 0 Å². The lowest BCUT2D eigenvalue weighted by molar-refractivity contribution is -0.142. The number of methoxy groups -OCH3 is 1. The van der Waals surface area contributed by atoms with E-state index in [4.69, 9.17) is 15.9 Å². The van der Waals surface area contributed by atoms with Crippen LogP contribution in [0, 0.1) is 0 Å². The normalized spacial score (nSPS) is 12.1. The summed E-state index contributed by atoms with van der Waals surface area (Å²) in [6, 6.07) is 2.97. The fourth-order valence-electron chi connectivity index (χ4n) is 0.997. The summed E-state index contributed by atoms with van der Waals surface area (Å²) in [6.07, 6.45) is 0.